The second-order valence-corrected chi connectivity index (χ2v) is 10.7. The monoisotopic (exact) mass is 485 g/mol. The van der Waals surface area contributed by atoms with E-state index < -0.39 is 15.9 Å². The molecule has 10 heteroatoms. The van der Waals surface area contributed by atoms with Crippen LogP contribution < -0.4 is 14.4 Å². The van der Waals surface area contributed by atoms with E-state index in [1.165, 1.54) is 4.31 Å². The van der Waals surface area contributed by atoms with Crippen LogP contribution in [0.25, 0.3) is 0 Å². The molecule has 3 aliphatic rings. The van der Waals surface area contributed by atoms with Crippen molar-refractivity contribution < 1.29 is 27.5 Å². The van der Waals surface area contributed by atoms with Crippen molar-refractivity contribution in [2.75, 3.05) is 50.8 Å². The highest BCUT2D eigenvalue weighted by Gasteiger charge is 2.39. The number of carbonyl (C=O) groups is 2. The summed E-state index contributed by atoms with van der Waals surface area (Å²) in [6.45, 7) is 4.21. The summed E-state index contributed by atoms with van der Waals surface area (Å²) >= 11 is 0. The number of sulfonamides is 1. The molecule has 180 valence electrons. The minimum absolute atomic E-state index is 0.110. The van der Waals surface area contributed by atoms with Crippen LogP contribution in [-0.2, 0) is 19.6 Å². The van der Waals surface area contributed by atoms with E-state index in [1.807, 2.05) is 6.92 Å². The van der Waals surface area contributed by atoms with Crippen molar-refractivity contribution >= 4 is 27.5 Å². The van der Waals surface area contributed by atoms with Gasteiger partial charge in [0.2, 0.25) is 21.8 Å². The average Bonchev–Trinajstić information content (AvgIpc) is 3.25. The highest BCUT2D eigenvalue weighted by atomic mass is 32.2. The normalized spacial score (nSPS) is 21.1. The number of benzene rings is 2. The minimum Gasteiger partial charge on any atom is -0.486 e. The fraction of sp³-hybridized carbons (Fsp3) is 0.417. The molecule has 0 bridgehead atoms. The number of fused-ring (bicyclic) bond motifs is 1. The summed E-state index contributed by atoms with van der Waals surface area (Å²) in [5, 5.41) is 0. The van der Waals surface area contributed by atoms with Crippen molar-refractivity contribution in [3.63, 3.8) is 0 Å². The smallest absolute Gasteiger partial charge is 0.243 e. The van der Waals surface area contributed by atoms with E-state index in [-0.39, 0.29) is 36.2 Å². The lowest BCUT2D eigenvalue weighted by atomic mass is 10.1. The maximum absolute atomic E-state index is 13.2. The van der Waals surface area contributed by atoms with Crippen LogP contribution in [0.5, 0.6) is 11.5 Å². The highest BCUT2D eigenvalue weighted by molar-refractivity contribution is 7.89. The van der Waals surface area contributed by atoms with Crippen LogP contribution in [0.3, 0.4) is 0 Å². The number of piperazine rings is 1. The van der Waals surface area contributed by atoms with Gasteiger partial charge in [-0.15, -0.1) is 0 Å². The first-order valence-corrected chi connectivity index (χ1v) is 12.8. The first-order valence-electron chi connectivity index (χ1n) is 11.4. The van der Waals surface area contributed by atoms with E-state index in [4.69, 9.17) is 9.47 Å². The third-order valence-corrected chi connectivity index (χ3v) is 8.43. The fourth-order valence-electron chi connectivity index (χ4n) is 4.59. The topological polar surface area (TPSA) is 96.5 Å². The van der Waals surface area contributed by atoms with Gasteiger partial charge >= 0.3 is 0 Å². The second-order valence-electron chi connectivity index (χ2n) is 8.78. The molecular weight excluding hydrogens is 458 g/mol. The van der Waals surface area contributed by atoms with E-state index in [0.29, 0.717) is 50.0 Å². The third-order valence-electron chi connectivity index (χ3n) is 6.52. The lowest BCUT2D eigenvalue weighted by Gasteiger charge is -2.35. The predicted octanol–water partition coefficient (Wildman–Crippen LogP) is 1.65. The van der Waals surface area contributed by atoms with Crippen molar-refractivity contribution in [2.45, 2.75) is 18.2 Å². The molecule has 0 radical (unpaired) electrons. The molecule has 0 aromatic heterocycles. The van der Waals surface area contributed by atoms with Crippen LogP contribution in [0.4, 0.5) is 5.69 Å². The Morgan fingerprint density at radius 1 is 0.941 bits per heavy atom. The zero-order valence-corrected chi connectivity index (χ0v) is 19.8. The molecule has 2 aromatic carbocycles. The molecule has 0 saturated carbocycles. The Hall–Kier alpha value is -3.11. The van der Waals surface area contributed by atoms with Crippen molar-refractivity contribution in [1.29, 1.82) is 0 Å². The molecule has 0 aliphatic carbocycles. The van der Waals surface area contributed by atoms with Gasteiger partial charge in [-0.25, -0.2) is 8.42 Å². The van der Waals surface area contributed by atoms with Crippen LogP contribution >= 0.6 is 0 Å². The summed E-state index contributed by atoms with van der Waals surface area (Å²) in [4.78, 5) is 29.4. The average molecular weight is 486 g/mol. The Kier molecular flexibility index (Phi) is 5.95. The summed E-state index contributed by atoms with van der Waals surface area (Å²) in [7, 11) is -3.60. The van der Waals surface area contributed by atoms with Gasteiger partial charge in [-0.3, -0.25) is 9.59 Å². The first kappa shape index (κ1) is 22.7. The summed E-state index contributed by atoms with van der Waals surface area (Å²) in [6.07, 6.45) is 0.134. The molecule has 9 nitrogen and oxygen atoms in total. The molecule has 3 aliphatic heterocycles. The Bertz CT molecular complexity index is 1210. The number of rotatable bonds is 4. The predicted molar refractivity (Wildman–Crippen MR) is 124 cm³/mol. The minimum atomic E-state index is -3.60. The number of nitrogens with zero attached hydrogens (tertiary/aromatic N) is 3. The maximum atomic E-state index is 13.2. The zero-order valence-electron chi connectivity index (χ0n) is 19.0. The van der Waals surface area contributed by atoms with E-state index in [1.54, 1.807) is 52.3 Å². The van der Waals surface area contributed by atoms with Gasteiger partial charge in [0.15, 0.2) is 11.5 Å². The molecule has 0 unspecified atom stereocenters. The van der Waals surface area contributed by atoms with Crippen LogP contribution in [0.15, 0.2) is 47.4 Å². The summed E-state index contributed by atoms with van der Waals surface area (Å²) in [6, 6.07) is 12.1. The lowest BCUT2D eigenvalue weighted by Crippen LogP contribution is -2.52. The molecule has 1 atom stereocenters. The molecule has 2 saturated heterocycles. The molecule has 34 heavy (non-hydrogen) atoms. The van der Waals surface area contributed by atoms with Crippen LogP contribution in [-0.4, -0.2) is 75.4 Å². The number of carbonyl (C=O) groups excluding carboxylic acids is 2. The summed E-state index contributed by atoms with van der Waals surface area (Å²) < 4.78 is 38.4. The SMILES string of the molecule is Cc1ccc(S(=O)(=O)N2CCN(C(=O)[C@@H]3CC(=O)N(c4ccc5c(c4)OCCO5)C3)CC2)cc1. The number of ether oxygens (including phenoxy) is 2. The van der Waals surface area contributed by atoms with Crippen LogP contribution in [0.1, 0.15) is 12.0 Å². The Morgan fingerprint density at radius 3 is 2.32 bits per heavy atom. The van der Waals surface area contributed by atoms with Gasteiger partial charge in [0, 0.05) is 50.9 Å². The van der Waals surface area contributed by atoms with Crippen molar-refractivity contribution in [1.82, 2.24) is 9.21 Å². The number of anilines is 1. The Morgan fingerprint density at radius 2 is 1.62 bits per heavy atom. The standard InChI is InChI=1S/C24H27N3O6S/c1-17-2-5-20(6-3-17)34(30,31)26-10-8-25(9-11-26)24(29)18-14-23(28)27(16-18)19-4-7-21-22(15-19)33-13-12-32-21/h2-7,15,18H,8-14,16H2,1H3/t18-/m1/s1. The lowest BCUT2D eigenvalue weighted by molar-refractivity contribution is -0.136. The van der Waals surface area contributed by atoms with Gasteiger partial charge < -0.3 is 19.3 Å². The fourth-order valence-corrected chi connectivity index (χ4v) is 6.01. The van der Waals surface area contributed by atoms with Gasteiger partial charge in [0.05, 0.1) is 10.8 Å². The number of hydrogen-bond acceptors (Lipinski definition) is 6. The van der Waals surface area contributed by atoms with Gasteiger partial charge in [-0.1, -0.05) is 17.7 Å². The molecule has 5 rings (SSSR count). The first-order chi connectivity index (χ1) is 16.3. The van der Waals surface area contributed by atoms with E-state index >= 15 is 0 Å². The largest absolute Gasteiger partial charge is 0.486 e. The molecule has 3 heterocycles. The van der Waals surface area contributed by atoms with E-state index in [0.717, 1.165) is 5.56 Å². The van der Waals surface area contributed by atoms with Crippen molar-refractivity contribution in [2.24, 2.45) is 5.92 Å². The van der Waals surface area contributed by atoms with Crippen LogP contribution in [0.2, 0.25) is 0 Å². The quantitative estimate of drug-likeness (QED) is 0.654. The zero-order chi connectivity index (χ0) is 23.9. The Balaban J connectivity index is 1.21. The maximum Gasteiger partial charge on any atom is 0.243 e. The van der Waals surface area contributed by atoms with Gasteiger partial charge in [-0.2, -0.15) is 4.31 Å². The van der Waals surface area contributed by atoms with Crippen molar-refractivity contribution in [3.8, 4) is 11.5 Å². The van der Waals surface area contributed by atoms with Crippen LogP contribution in [0, 0.1) is 12.8 Å². The summed E-state index contributed by atoms with van der Waals surface area (Å²) in [5.74, 6) is 0.558. The highest BCUT2D eigenvalue weighted by Crippen LogP contribution is 2.36. The summed E-state index contributed by atoms with van der Waals surface area (Å²) in [5.41, 5.74) is 1.67. The Labute approximate surface area is 198 Å². The number of hydrogen-bond donors (Lipinski definition) is 0. The van der Waals surface area contributed by atoms with Crippen molar-refractivity contribution in [3.05, 3.63) is 48.0 Å². The van der Waals surface area contributed by atoms with E-state index in [2.05, 4.69) is 0 Å². The molecule has 2 amide bonds. The number of amides is 2. The number of aryl methyl sites for hydroxylation is 1. The molecule has 0 spiro atoms. The second kappa shape index (κ2) is 8.92. The molecule has 2 fully saturated rings. The molecular formula is C24H27N3O6S. The molecule has 2 aromatic rings. The van der Waals surface area contributed by atoms with Gasteiger partial charge in [0.1, 0.15) is 13.2 Å². The molecule has 0 N–H and O–H groups in total. The van der Waals surface area contributed by atoms with Gasteiger partial charge in [0.25, 0.3) is 0 Å². The van der Waals surface area contributed by atoms with E-state index in [9.17, 15) is 18.0 Å². The van der Waals surface area contributed by atoms with Gasteiger partial charge in [-0.05, 0) is 31.2 Å². The third kappa shape index (κ3) is 4.23.